The summed E-state index contributed by atoms with van der Waals surface area (Å²) < 4.78 is 0. The molecule has 0 bridgehead atoms. The molecule has 0 spiro atoms. The van der Waals surface area contributed by atoms with Crippen molar-refractivity contribution in [3.05, 3.63) is 0 Å². The van der Waals surface area contributed by atoms with E-state index in [0.717, 1.165) is 16.6 Å². The fourth-order valence-electron chi connectivity index (χ4n) is 1.27. The predicted molar refractivity (Wildman–Crippen MR) is 76.4 cm³/mol. The number of hydrogen-bond donors (Lipinski definition) is 0. The molecular weight excluding hydrogens is 228 g/mol. The highest BCUT2D eigenvalue weighted by molar-refractivity contribution is 7.40. The minimum Gasteiger partial charge on any atom is -0.0656 e. The van der Waals surface area contributed by atoms with E-state index in [4.69, 9.17) is 0 Å². The second kappa shape index (κ2) is 8.76. The predicted octanol–water partition coefficient (Wildman–Crippen LogP) is 4.12. The molecule has 0 aliphatic rings. The summed E-state index contributed by atoms with van der Waals surface area (Å²) in [6, 6.07) is 0. The fourth-order valence-corrected chi connectivity index (χ4v) is 16.6. The molecule has 0 rings (SSSR count). The lowest BCUT2D eigenvalue weighted by Crippen LogP contribution is -2.37. The van der Waals surface area contributed by atoms with Crippen LogP contribution in [0.2, 0.25) is 16.6 Å². The maximum atomic E-state index is 2.50. The van der Waals surface area contributed by atoms with Crippen molar-refractivity contribution in [1.82, 2.24) is 0 Å². The lowest BCUT2D eigenvalue weighted by Gasteiger charge is -2.25. The van der Waals surface area contributed by atoms with Gasteiger partial charge in [-0.2, -0.15) is 0 Å². The number of hydrogen-bond acceptors (Lipinski definition) is 0. The maximum absolute atomic E-state index is 2.50. The highest BCUT2D eigenvalue weighted by Gasteiger charge is 2.22. The molecule has 0 fully saturated rings. The van der Waals surface area contributed by atoms with Gasteiger partial charge in [-0.05, 0) is 0 Å². The van der Waals surface area contributed by atoms with E-state index >= 15 is 0 Å². The third-order valence-corrected chi connectivity index (χ3v) is 17.3. The van der Waals surface area contributed by atoms with Crippen LogP contribution in [0, 0.1) is 0 Å². The second-order valence-electron chi connectivity index (χ2n) is 4.63. The molecule has 0 saturated carbocycles. The molecule has 0 aromatic rings. The van der Waals surface area contributed by atoms with Crippen molar-refractivity contribution in [2.45, 2.75) is 77.4 Å². The first-order valence-electron chi connectivity index (χ1n) is 6.44. The second-order valence-corrected chi connectivity index (χ2v) is 15.5. The zero-order chi connectivity index (χ0) is 11.8. The van der Waals surface area contributed by atoms with Crippen LogP contribution >= 0.6 is 0 Å². The van der Waals surface area contributed by atoms with E-state index in [1.165, 1.54) is 37.3 Å². The van der Waals surface area contributed by atoms with Gasteiger partial charge in [-0.1, -0.05) is 77.4 Å². The Morgan fingerprint density at radius 1 is 0.800 bits per heavy atom. The summed E-state index contributed by atoms with van der Waals surface area (Å²) in [5.74, 6) is 0. The SMILES string of the molecule is CCC(C)[Si][Si]([Si]C(C)CC)C(C)CC. The highest BCUT2D eigenvalue weighted by atomic mass is 29.6. The van der Waals surface area contributed by atoms with Crippen LogP contribution in [0.1, 0.15) is 60.8 Å². The van der Waals surface area contributed by atoms with Crippen LogP contribution in [-0.2, 0) is 0 Å². The average Bonchev–Trinajstić information content (AvgIpc) is 2.26. The first-order chi connectivity index (χ1) is 7.04. The summed E-state index contributed by atoms with van der Waals surface area (Å²) in [6.07, 6.45) is 4.17. The molecule has 0 nitrogen and oxygen atoms in total. The summed E-state index contributed by atoms with van der Waals surface area (Å²) >= 11 is 0. The molecule has 0 aliphatic heterocycles. The van der Waals surface area contributed by atoms with Crippen LogP contribution in [0.15, 0.2) is 0 Å². The van der Waals surface area contributed by atoms with E-state index in [2.05, 4.69) is 41.5 Å². The van der Waals surface area contributed by atoms with Gasteiger partial charge >= 0.3 is 0 Å². The molecule has 0 N–H and O–H groups in total. The van der Waals surface area contributed by atoms with E-state index in [0.29, 0.717) is 0 Å². The topological polar surface area (TPSA) is 0 Å². The third kappa shape index (κ3) is 6.74. The molecule has 87 valence electrons. The van der Waals surface area contributed by atoms with Crippen molar-refractivity contribution in [1.29, 1.82) is 0 Å². The van der Waals surface area contributed by atoms with E-state index in [1.807, 2.05) is 0 Å². The van der Waals surface area contributed by atoms with Crippen molar-refractivity contribution < 1.29 is 0 Å². The van der Waals surface area contributed by atoms with E-state index in [9.17, 15) is 0 Å². The van der Waals surface area contributed by atoms with Crippen LogP contribution in [0.4, 0.5) is 0 Å². The molecule has 5 radical (unpaired) electrons. The zero-order valence-electron chi connectivity index (χ0n) is 11.4. The van der Waals surface area contributed by atoms with Crippen molar-refractivity contribution >= 4 is 25.9 Å². The molecule has 3 unspecified atom stereocenters. The zero-order valence-corrected chi connectivity index (χ0v) is 14.4. The molecule has 3 heteroatoms. The van der Waals surface area contributed by atoms with Crippen molar-refractivity contribution in [3.8, 4) is 0 Å². The lowest BCUT2D eigenvalue weighted by atomic mass is 10.4. The lowest BCUT2D eigenvalue weighted by molar-refractivity contribution is 0.850. The largest absolute Gasteiger partial charge is 0.0656 e. The Morgan fingerprint density at radius 3 is 1.47 bits per heavy atom. The smallest absolute Gasteiger partial charge is 0.0262 e. The van der Waals surface area contributed by atoms with Gasteiger partial charge in [0.2, 0.25) is 0 Å². The highest BCUT2D eigenvalue weighted by Crippen LogP contribution is 2.21. The quantitative estimate of drug-likeness (QED) is 0.572. The van der Waals surface area contributed by atoms with E-state index < -0.39 is 0 Å². The van der Waals surface area contributed by atoms with E-state index in [1.54, 1.807) is 0 Å². The Hall–Kier alpha value is 0.651. The Bertz CT molecular complexity index is 138. The van der Waals surface area contributed by atoms with Gasteiger partial charge in [0.15, 0.2) is 0 Å². The molecule has 0 amide bonds. The van der Waals surface area contributed by atoms with Gasteiger partial charge in [-0.25, -0.2) is 0 Å². The molecule has 0 aromatic carbocycles. The molecule has 0 heterocycles. The van der Waals surface area contributed by atoms with Crippen LogP contribution in [0.5, 0.6) is 0 Å². The standard InChI is InChI=1S/C12H27Si3/c1-7-10(4)13-15(12(6)9-3)14-11(5)8-2/h10-12H,7-9H2,1-6H3. The first kappa shape index (κ1) is 15.7. The van der Waals surface area contributed by atoms with Crippen molar-refractivity contribution in [2.24, 2.45) is 0 Å². The van der Waals surface area contributed by atoms with Crippen LogP contribution < -0.4 is 0 Å². The first-order valence-corrected chi connectivity index (χ1v) is 12.2. The molecular formula is C12H27Si3. The maximum Gasteiger partial charge on any atom is 0.0262 e. The van der Waals surface area contributed by atoms with Gasteiger partial charge < -0.3 is 0 Å². The van der Waals surface area contributed by atoms with E-state index in [-0.39, 0.29) is 7.83 Å². The van der Waals surface area contributed by atoms with Gasteiger partial charge in [0.25, 0.3) is 0 Å². The molecule has 3 atom stereocenters. The Morgan fingerprint density at radius 2 is 1.20 bits per heavy atom. The van der Waals surface area contributed by atoms with Crippen LogP contribution in [0.3, 0.4) is 0 Å². The summed E-state index contributed by atoms with van der Waals surface area (Å²) in [7, 11) is 2.55. The van der Waals surface area contributed by atoms with Gasteiger partial charge in [0.05, 0.1) is 0 Å². The minimum atomic E-state index is -0.0401. The van der Waals surface area contributed by atoms with Crippen molar-refractivity contribution in [3.63, 3.8) is 0 Å². The molecule has 0 saturated heterocycles. The summed E-state index contributed by atoms with van der Waals surface area (Å²) in [5, 5.41) is 0. The summed E-state index contributed by atoms with van der Waals surface area (Å²) in [5.41, 5.74) is 3.02. The Kier molecular flexibility index (Phi) is 9.14. The average molecular weight is 256 g/mol. The van der Waals surface area contributed by atoms with Crippen LogP contribution in [-0.4, -0.2) is 25.9 Å². The summed E-state index contributed by atoms with van der Waals surface area (Å²) in [6.45, 7) is 14.5. The monoisotopic (exact) mass is 255 g/mol. The number of rotatable bonds is 8. The normalized spacial score (nSPS) is 17.8. The third-order valence-electron chi connectivity index (χ3n) is 3.13. The Labute approximate surface area is 103 Å². The minimum absolute atomic E-state index is 0.0401. The van der Waals surface area contributed by atoms with Gasteiger partial charge in [0, 0.05) is 25.9 Å². The van der Waals surface area contributed by atoms with Gasteiger partial charge in [-0.3, -0.25) is 0 Å². The van der Waals surface area contributed by atoms with Gasteiger partial charge in [-0.15, -0.1) is 0 Å². The molecule has 0 aromatic heterocycles. The molecule has 15 heavy (non-hydrogen) atoms. The fraction of sp³-hybridized carbons (Fsp3) is 1.00. The Balaban J connectivity index is 4.17. The van der Waals surface area contributed by atoms with Gasteiger partial charge in [0.1, 0.15) is 0 Å². The summed E-state index contributed by atoms with van der Waals surface area (Å²) in [4.78, 5) is 0. The van der Waals surface area contributed by atoms with Crippen LogP contribution in [0.25, 0.3) is 0 Å². The molecule has 0 aliphatic carbocycles. The van der Waals surface area contributed by atoms with Crippen molar-refractivity contribution in [2.75, 3.05) is 0 Å².